The normalized spacial score (nSPS) is 15.5. The van der Waals surface area contributed by atoms with Crippen LogP contribution in [0.15, 0.2) is 36.5 Å². The lowest BCUT2D eigenvalue weighted by Crippen LogP contribution is -2.37. The van der Waals surface area contributed by atoms with Gasteiger partial charge in [0.05, 0.1) is 5.52 Å². The lowest BCUT2D eigenvalue weighted by molar-refractivity contribution is 0.142. The van der Waals surface area contributed by atoms with Crippen molar-refractivity contribution in [1.82, 2.24) is 9.88 Å². The zero-order valence-corrected chi connectivity index (χ0v) is 10.7. The Balaban J connectivity index is 1.75. The standard InChI is InChI=1S/C15H16N2O2/c18-15(17-9-2-1-3-10-17)19-13-7-6-12-5-4-8-16-14(12)11-13/h4-8,11H,1-3,9-10H2. The maximum absolute atomic E-state index is 12.0. The van der Waals surface area contributed by atoms with Crippen LogP contribution < -0.4 is 4.74 Å². The lowest BCUT2D eigenvalue weighted by Gasteiger charge is -2.25. The number of ether oxygens (including phenoxy) is 1. The van der Waals surface area contributed by atoms with Gasteiger partial charge in [-0.05, 0) is 37.5 Å². The van der Waals surface area contributed by atoms with Gasteiger partial charge in [0.15, 0.2) is 0 Å². The van der Waals surface area contributed by atoms with Crippen LogP contribution in [0.25, 0.3) is 10.9 Å². The van der Waals surface area contributed by atoms with Gasteiger partial charge in [-0.25, -0.2) is 4.79 Å². The van der Waals surface area contributed by atoms with Gasteiger partial charge in [0.1, 0.15) is 5.75 Å². The Bertz CT molecular complexity index is 591. The number of piperidine rings is 1. The molecule has 4 heteroatoms. The first-order valence-electron chi connectivity index (χ1n) is 6.64. The Morgan fingerprint density at radius 1 is 1.16 bits per heavy atom. The van der Waals surface area contributed by atoms with Crippen molar-refractivity contribution in [2.24, 2.45) is 0 Å². The zero-order chi connectivity index (χ0) is 13.1. The molecule has 2 heterocycles. The number of rotatable bonds is 1. The molecule has 0 atom stereocenters. The minimum atomic E-state index is -0.255. The van der Waals surface area contributed by atoms with Crippen LogP contribution in [-0.2, 0) is 0 Å². The van der Waals surface area contributed by atoms with Crippen LogP contribution in [0.1, 0.15) is 19.3 Å². The van der Waals surface area contributed by atoms with E-state index in [9.17, 15) is 4.79 Å². The highest BCUT2D eigenvalue weighted by Gasteiger charge is 2.18. The maximum atomic E-state index is 12.0. The summed E-state index contributed by atoms with van der Waals surface area (Å²) in [5.41, 5.74) is 0.839. The van der Waals surface area contributed by atoms with Gasteiger partial charge in [-0.3, -0.25) is 4.98 Å². The van der Waals surface area contributed by atoms with Crippen LogP contribution >= 0.6 is 0 Å². The second-order valence-electron chi connectivity index (χ2n) is 4.77. The molecule has 0 radical (unpaired) electrons. The van der Waals surface area contributed by atoms with Crippen LogP contribution in [0.4, 0.5) is 4.79 Å². The minimum Gasteiger partial charge on any atom is -0.410 e. The van der Waals surface area contributed by atoms with E-state index in [2.05, 4.69) is 4.98 Å². The molecule has 1 fully saturated rings. The number of fused-ring (bicyclic) bond motifs is 1. The average Bonchev–Trinajstić information content (AvgIpc) is 2.48. The summed E-state index contributed by atoms with van der Waals surface area (Å²) in [6.07, 6.45) is 4.81. The molecule has 2 aromatic rings. The van der Waals surface area contributed by atoms with Crippen molar-refractivity contribution in [3.8, 4) is 5.75 Å². The highest BCUT2D eigenvalue weighted by molar-refractivity contribution is 5.81. The van der Waals surface area contributed by atoms with E-state index in [4.69, 9.17) is 4.74 Å². The molecule has 1 aromatic carbocycles. The average molecular weight is 256 g/mol. The monoisotopic (exact) mass is 256 g/mol. The summed E-state index contributed by atoms with van der Waals surface area (Å²) in [5, 5.41) is 1.04. The van der Waals surface area contributed by atoms with E-state index in [0.717, 1.165) is 36.8 Å². The highest BCUT2D eigenvalue weighted by atomic mass is 16.6. The first-order chi connectivity index (χ1) is 9.33. The number of hydrogen-bond donors (Lipinski definition) is 0. The van der Waals surface area contributed by atoms with Crippen LogP contribution in [-0.4, -0.2) is 29.1 Å². The fraction of sp³-hybridized carbons (Fsp3) is 0.333. The molecule has 1 saturated heterocycles. The number of pyridine rings is 1. The van der Waals surface area contributed by atoms with Gasteiger partial charge >= 0.3 is 6.09 Å². The zero-order valence-electron chi connectivity index (χ0n) is 10.7. The largest absolute Gasteiger partial charge is 0.415 e. The number of aromatic nitrogens is 1. The predicted molar refractivity (Wildman–Crippen MR) is 73.2 cm³/mol. The highest BCUT2D eigenvalue weighted by Crippen LogP contribution is 2.20. The third-order valence-electron chi connectivity index (χ3n) is 3.40. The number of carbonyl (C=O) groups is 1. The number of nitrogens with zero attached hydrogens (tertiary/aromatic N) is 2. The molecule has 1 aliphatic rings. The minimum absolute atomic E-state index is 0.255. The summed E-state index contributed by atoms with van der Waals surface area (Å²) in [4.78, 5) is 18.0. The number of hydrogen-bond acceptors (Lipinski definition) is 3. The second-order valence-corrected chi connectivity index (χ2v) is 4.77. The Morgan fingerprint density at radius 2 is 2.00 bits per heavy atom. The first kappa shape index (κ1) is 12.0. The molecule has 0 spiro atoms. The molecule has 0 N–H and O–H groups in total. The van der Waals surface area contributed by atoms with Crippen molar-refractivity contribution in [1.29, 1.82) is 0 Å². The lowest BCUT2D eigenvalue weighted by atomic mass is 10.1. The van der Waals surface area contributed by atoms with E-state index < -0.39 is 0 Å². The molecule has 0 aliphatic carbocycles. The van der Waals surface area contributed by atoms with Gasteiger partial charge in [-0.1, -0.05) is 6.07 Å². The van der Waals surface area contributed by atoms with E-state index >= 15 is 0 Å². The first-order valence-corrected chi connectivity index (χ1v) is 6.64. The van der Waals surface area contributed by atoms with Gasteiger partial charge in [-0.15, -0.1) is 0 Å². The van der Waals surface area contributed by atoms with E-state index in [1.807, 2.05) is 24.3 Å². The van der Waals surface area contributed by atoms with Gasteiger partial charge in [-0.2, -0.15) is 0 Å². The fourth-order valence-electron chi connectivity index (χ4n) is 2.35. The second kappa shape index (κ2) is 5.26. The van der Waals surface area contributed by atoms with E-state index in [1.54, 1.807) is 17.2 Å². The molecule has 3 rings (SSSR count). The molecule has 19 heavy (non-hydrogen) atoms. The number of benzene rings is 1. The van der Waals surface area contributed by atoms with E-state index in [-0.39, 0.29) is 6.09 Å². The summed E-state index contributed by atoms with van der Waals surface area (Å²) >= 11 is 0. The van der Waals surface area contributed by atoms with Gasteiger partial charge in [0.2, 0.25) is 0 Å². The molecule has 0 bridgehead atoms. The van der Waals surface area contributed by atoms with Crippen LogP contribution in [0.2, 0.25) is 0 Å². The third kappa shape index (κ3) is 2.67. The summed E-state index contributed by atoms with van der Waals surface area (Å²) in [6, 6.07) is 9.41. The van der Waals surface area contributed by atoms with E-state index in [1.165, 1.54) is 6.42 Å². The number of amides is 1. The van der Waals surface area contributed by atoms with Crippen molar-refractivity contribution in [3.63, 3.8) is 0 Å². The number of likely N-dealkylation sites (tertiary alicyclic amines) is 1. The quantitative estimate of drug-likeness (QED) is 0.786. The van der Waals surface area contributed by atoms with E-state index in [0.29, 0.717) is 5.75 Å². The van der Waals surface area contributed by atoms with Crippen molar-refractivity contribution >= 4 is 17.0 Å². The summed E-state index contributed by atoms with van der Waals surface area (Å²) in [7, 11) is 0. The third-order valence-corrected chi connectivity index (χ3v) is 3.40. The number of carbonyl (C=O) groups excluding carboxylic acids is 1. The van der Waals surface area contributed by atoms with Gasteiger partial charge in [0, 0.05) is 30.7 Å². The Morgan fingerprint density at radius 3 is 2.84 bits per heavy atom. The van der Waals surface area contributed by atoms with Crippen LogP contribution in [0.3, 0.4) is 0 Å². The van der Waals surface area contributed by atoms with Crippen molar-refractivity contribution in [2.45, 2.75) is 19.3 Å². The summed E-state index contributed by atoms with van der Waals surface area (Å²) in [5.74, 6) is 0.557. The molecular formula is C15H16N2O2. The summed E-state index contributed by atoms with van der Waals surface area (Å²) < 4.78 is 5.41. The smallest absolute Gasteiger partial charge is 0.410 e. The molecule has 0 saturated carbocycles. The van der Waals surface area contributed by atoms with Crippen LogP contribution in [0.5, 0.6) is 5.75 Å². The van der Waals surface area contributed by atoms with Crippen molar-refractivity contribution < 1.29 is 9.53 Å². The Labute approximate surface area is 112 Å². The molecular weight excluding hydrogens is 240 g/mol. The maximum Gasteiger partial charge on any atom is 0.415 e. The van der Waals surface area contributed by atoms with Crippen molar-refractivity contribution in [3.05, 3.63) is 36.5 Å². The molecule has 0 unspecified atom stereocenters. The molecule has 1 aliphatic heterocycles. The molecule has 4 nitrogen and oxygen atoms in total. The molecule has 1 amide bonds. The molecule has 98 valence electrons. The Kier molecular flexibility index (Phi) is 3.31. The van der Waals surface area contributed by atoms with Gasteiger partial charge < -0.3 is 9.64 Å². The SMILES string of the molecule is O=C(Oc1ccc2cccnc2c1)N1CCCCC1. The van der Waals surface area contributed by atoms with Gasteiger partial charge in [0.25, 0.3) is 0 Å². The molecule has 1 aromatic heterocycles. The predicted octanol–water partition coefficient (Wildman–Crippen LogP) is 3.22. The Hall–Kier alpha value is -2.10. The fourth-order valence-corrected chi connectivity index (χ4v) is 2.35. The topological polar surface area (TPSA) is 42.4 Å². The summed E-state index contributed by atoms with van der Waals surface area (Å²) in [6.45, 7) is 1.59. The van der Waals surface area contributed by atoms with Crippen LogP contribution in [0, 0.1) is 0 Å². The van der Waals surface area contributed by atoms with Crippen molar-refractivity contribution in [2.75, 3.05) is 13.1 Å².